The number of carbonyl (C=O) groups excluding carboxylic acids is 1. The number of carbonyl (C=O) groups is 1. The standard InChI is InChI=1S/C18H23N3O/c1-13-9-14(2)11-16(10-13)18(5-6-18)17(22)20-15(3)12-21-8-4-7-19-21/h4,7-11,15H,5-6,12H2,1-3H3,(H,20,22)/t15-/m0/s1. The molecule has 1 amide bonds. The molecule has 1 aliphatic carbocycles. The van der Waals surface area contributed by atoms with Crippen LogP contribution in [0, 0.1) is 13.8 Å². The highest BCUT2D eigenvalue weighted by molar-refractivity contribution is 5.91. The molecule has 0 unspecified atom stereocenters. The summed E-state index contributed by atoms with van der Waals surface area (Å²) in [6.45, 7) is 6.90. The molecule has 1 atom stereocenters. The fraction of sp³-hybridized carbons (Fsp3) is 0.444. The Labute approximate surface area is 131 Å². The highest BCUT2D eigenvalue weighted by atomic mass is 16.2. The van der Waals surface area contributed by atoms with Crippen LogP contribution in [0.1, 0.15) is 36.5 Å². The van der Waals surface area contributed by atoms with Gasteiger partial charge in [-0.15, -0.1) is 0 Å². The van der Waals surface area contributed by atoms with Crippen molar-refractivity contribution in [3.8, 4) is 0 Å². The molecule has 1 aromatic carbocycles. The number of aryl methyl sites for hydroxylation is 2. The lowest BCUT2D eigenvalue weighted by atomic mass is 9.91. The van der Waals surface area contributed by atoms with Gasteiger partial charge in [-0.05, 0) is 45.2 Å². The molecule has 0 bridgehead atoms. The maximum atomic E-state index is 12.7. The molecule has 1 heterocycles. The largest absolute Gasteiger partial charge is 0.351 e. The Hall–Kier alpha value is -2.10. The molecular weight excluding hydrogens is 274 g/mol. The molecular formula is C18H23N3O. The molecule has 1 N–H and O–H groups in total. The van der Waals surface area contributed by atoms with Gasteiger partial charge in [0.25, 0.3) is 0 Å². The predicted molar refractivity (Wildman–Crippen MR) is 86.7 cm³/mol. The van der Waals surface area contributed by atoms with Gasteiger partial charge in [-0.3, -0.25) is 9.48 Å². The van der Waals surface area contributed by atoms with E-state index in [1.165, 1.54) is 11.1 Å². The molecule has 0 radical (unpaired) electrons. The number of hydrogen-bond acceptors (Lipinski definition) is 2. The second-order valence-corrected chi connectivity index (χ2v) is 6.56. The van der Waals surface area contributed by atoms with Crippen LogP contribution >= 0.6 is 0 Å². The second-order valence-electron chi connectivity index (χ2n) is 6.56. The highest BCUT2D eigenvalue weighted by Crippen LogP contribution is 2.48. The van der Waals surface area contributed by atoms with Crippen LogP contribution in [-0.4, -0.2) is 21.7 Å². The maximum Gasteiger partial charge on any atom is 0.230 e. The Morgan fingerprint density at radius 1 is 1.32 bits per heavy atom. The third-order valence-electron chi connectivity index (χ3n) is 4.36. The van der Waals surface area contributed by atoms with Crippen molar-refractivity contribution < 1.29 is 4.79 Å². The normalized spacial score (nSPS) is 17.0. The summed E-state index contributed by atoms with van der Waals surface area (Å²) in [5, 5.41) is 7.35. The zero-order valence-corrected chi connectivity index (χ0v) is 13.5. The van der Waals surface area contributed by atoms with Crippen molar-refractivity contribution in [3.63, 3.8) is 0 Å². The van der Waals surface area contributed by atoms with Crippen LogP contribution in [-0.2, 0) is 16.8 Å². The van der Waals surface area contributed by atoms with E-state index < -0.39 is 0 Å². The summed E-state index contributed by atoms with van der Waals surface area (Å²) < 4.78 is 1.85. The lowest BCUT2D eigenvalue weighted by Gasteiger charge is -2.21. The highest BCUT2D eigenvalue weighted by Gasteiger charge is 2.51. The van der Waals surface area contributed by atoms with E-state index in [4.69, 9.17) is 0 Å². The summed E-state index contributed by atoms with van der Waals surface area (Å²) in [4.78, 5) is 12.7. The first kappa shape index (κ1) is 14.8. The van der Waals surface area contributed by atoms with E-state index in [1.54, 1.807) is 6.20 Å². The van der Waals surface area contributed by atoms with E-state index in [0.29, 0.717) is 6.54 Å². The van der Waals surface area contributed by atoms with Gasteiger partial charge in [0.05, 0.1) is 12.0 Å². The molecule has 4 nitrogen and oxygen atoms in total. The summed E-state index contributed by atoms with van der Waals surface area (Å²) in [6, 6.07) is 8.41. The molecule has 1 aromatic heterocycles. The minimum atomic E-state index is -0.310. The van der Waals surface area contributed by atoms with Gasteiger partial charge in [-0.25, -0.2) is 0 Å². The van der Waals surface area contributed by atoms with Crippen molar-refractivity contribution in [2.24, 2.45) is 0 Å². The third kappa shape index (κ3) is 2.91. The van der Waals surface area contributed by atoms with E-state index in [2.05, 4.69) is 42.5 Å². The SMILES string of the molecule is Cc1cc(C)cc(C2(C(=O)N[C@@H](C)Cn3cccn3)CC2)c1. The van der Waals surface area contributed by atoms with Crippen LogP contribution in [0.2, 0.25) is 0 Å². The minimum absolute atomic E-state index is 0.0655. The Balaban J connectivity index is 1.71. The van der Waals surface area contributed by atoms with Gasteiger partial charge in [0.1, 0.15) is 0 Å². The van der Waals surface area contributed by atoms with Gasteiger partial charge < -0.3 is 5.32 Å². The number of nitrogens with zero attached hydrogens (tertiary/aromatic N) is 2. The Morgan fingerprint density at radius 2 is 2.00 bits per heavy atom. The number of aromatic nitrogens is 2. The number of benzene rings is 1. The van der Waals surface area contributed by atoms with Gasteiger partial charge >= 0.3 is 0 Å². The molecule has 0 saturated heterocycles. The van der Waals surface area contributed by atoms with Crippen molar-refractivity contribution in [1.82, 2.24) is 15.1 Å². The van der Waals surface area contributed by atoms with E-state index in [-0.39, 0.29) is 17.4 Å². The number of amides is 1. The van der Waals surface area contributed by atoms with Crippen LogP contribution in [0.5, 0.6) is 0 Å². The van der Waals surface area contributed by atoms with Crippen LogP contribution in [0.25, 0.3) is 0 Å². The molecule has 1 fully saturated rings. The van der Waals surface area contributed by atoms with Gasteiger partial charge in [0, 0.05) is 18.4 Å². The molecule has 0 aliphatic heterocycles. The van der Waals surface area contributed by atoms with E-state index in [9.17, 15) is 4.79 Å². The first-order chi connectivity index (χ1) is 10.5. The topological polar surface area (TPSA) is 46.9 Å². The predicted octanol–water partition coefficient (Wildman–Crippen LogP) is 2.74. The second kappa shape index (κ2) is 5.59. The zero-order chi connectivity index (χ0) is 15.7. The van der Waals surface area contributed by atoms with Crippen molar-refractivity contribution >= 4 is 5.91 Å². The van der Waals surface area contributed by atoms with Gasteiger partial charge in [-0.2, -0.15) is 5.10 Å². The number of hydrogen-bond donors (Lipinski definition) is 1. The van der Waals surface area contributed by atoms with Crippen LogP contribution in [0.3, 0.4) is 0 Å². The van der Waals surface area contributed by atoms with Crippen molar-refractivity contribution in [2.75, 3.05) is 0 Å². The van der Waals surface area contributed by atoms with Crippen LogP contribution < -0.4 is 5.32 Å². The minimum Gasteiger partial charge on any atom is -0.351 e. The third-order valence-corrected chi connectivity index (χ3v) is 4.36. The fourth-order valence-corrected chi connectivity index (χ4v) is 3.12. The Bertz CT molecular complexity index is 651. The molecule has 4 heteroatoms. The average Bonchev–Trinajstić information content (AvgIpc) is 3.11. The lowest BCUT2D eigenvalue weighted by Crippen LogP contribution is -2.42. The number of rotatable bonds is 5. The first-order valence-electron chi connectivity index (χ1n) is 7.87. The molecule has 1 saturated carbocycles. The van der Waals surface area contributed by atoms with Crippen LogP contribution in [0.15, 0.2) is 36.7 Å². The van der Waals surface area contributed by atoms with Crippen molar-refractivity contribution in [3.05, 3.63) is 53.3 Å². The Kier molecular flexibility index (Phi) is 3.77. The first-order valence-corrected chi connectivity index (χ1v) is 7.87. The summed E-state index contributed by atoms with van der Waals surface area (Å²) in [5.41, 5.74) is 3.29. The van der Waals surface area contributed by atoms with E-state index in [0.717, 1.165) is 18.4 Å². The lowest BCUT2D eigenvalue weighted by molar-refractivity contribution is -0.124. The molecule has 2 aromatic rings. The maximum absolute atomic E-state index is 12.7. The number of nitrogens with one attached hydrogen (secondary N) is 1. The van der Waals surface area contributed by atoms with Crippen LogP contribution in [0.4, 0.5) is 0 Å². The van der Waals surface area contributed by atoms with E-state index in [1.807, 2.05) is 23.9 Å². The zero-order valence-electron chi connectivity index (χ0n) is 13.5. The summed E-state index contributed by atoms with van der Waals surface area (Å²) in [7, 11) is 0. The van der Waals surface area contributed by atoms with Crippen molar-refractivity contribution in [1.29, 1.82) is 0 Å². The van der Waals surface area contributed by atoms with Gasteiger partial charge in [0.2, 0.25) is 5.91 Å². The molecule has 3 rings (SSSR count). The Morgan fingerprint density at radius 3 is 2.55 bits per heavy atom. The molecule has 1 aliphatic rings. The summed E-state index contributed by atoms with van der Waals surface area (Å²) in [5.74, 6) is 0.150. The van der Waals surface area contributed by atoms with E-state index >= 15 is 0 Å². The van der Waals surface area contributed by atoms with Crippen molar-refractivity contribution in [2.45, 2.75) is 51.6 Å². The van der Waals surface area contributed by atoms with Gasteiger partial charge in [0.15, 0.2) is 0 Å². The average molecular weight is 297 g/mol. The molecule has 116 valence electrons. The summed E-state index contributed by atoms with van der Waals surface area (Å²) in [6.07, 6.45) is 5.55. The quantitative estimate of drug-likeness (QED) is 0.922. The summed E-state index contributed by atoms with van der Waals surface area (Å²) >= 11 is 0. The monoisotopic (exact) mass is 297 g/mol. The molecule has 22 heavy (non-hydrogen) atoms. The van der Waals surface area contributed by atoms with Gasteiger partial charge in [-0.1, -0.05) is 29.3 Å². The molecule has 0 spiro atoms. The smallest absolute Gasteiger partial charge is 0.230 e. The fourth-order valence-electron chi connectivity index (χ4n) is 3.12.